The SMILES string of the molecule is CCCCOCCCNC(=NCc1ccccc1OC)NCC. The van der Waals surface area contributed by atoms with Crippen molar-refractivity contribution in [2.75, 3.05) is 33.4 Å². The Labute approximate surface area is 140 Å². The Hall–Kier alpha value is -1.75. The van der Waals surface area contributed by atoms with E-state index in [1.54, 1.807) is 7.11 Å². The van der Waals surface area contributed by atoms with Gasteiger partial charge in [0, 0.05) is 31.9 Å². The summed E-state index contributed by atoms with van der Waals surface area (Å²) in [5.41, 5.74) is 1.08. The summed E-state index contributed by atoms with van der Waals surface area (Å²) in [5.74, 6) is 1.70. The van der Waals surface area contributed by atoms with Crippen LogP contribution in [0.15, 0.2) is 29.3 Å². The minimum absolute atomic E-state index is 0.590. The summed E-state index contributed by atoms with van der Waals surface area (Å²) in [7, 11) is 1.69. The van der Waals surface area contributed by atoms with Gasteiger partial charge in [-0.25, -0.2) is 4.99 Å². The van der Waals surface area contributed by atoms with Gasteiger partial charge in [0.1, 0.15) is 5.75 Å². The van der Waals surface area contributed by atoms with E-state index in [0.717, 1.165) is 56.4 Å². The van der Waals surface area contributed by atoms with Crippen molar-refractivity contribution in [2.24, 2.45) is 4.99 Å². The molecule has 1 rings (SSSR count). The lowest BCUT2D eigenvalue weighted by Crippen LogP contribution is -2.38. The Morgan fingerprint density at radius 1 is 1.09 bits per heavy atom. The molecular weight excluding hydrogens is 290 g/mol. The number of hydrogen-bond acceptors (Lipinski definition) is 3. The number of benzene rings is 1. The molecule has 2 N–H and O–H groups in total. The van der Waals surface area contributed by atoms with Gasteiger partial charge in [0.2, 0.25) is 0 Å². The highest BCUT2D eigenvalue weighted by Crippen LogP contribution is 2.17. The highest BCUT2D eigenvalue weighted by molar-refractivity contribution is 5.79. The van der Waals surface area contributed by atoms with E-state index in [1.165, 1.54) is 6.42 Å². The van der Waals surface area contributed by atoms with Gasteiger partial charge in [0.25, 0.3) is 0 Å². The summed E-state index contributed by atoms with van der Waals surface area (Å²) in [4.78, 5) is 4.61. The van der Waals surface area contributed by atoms with Crippen LogP contribution in [-0.2, 0) is 11.3 Å². The summed E-state index contributed by atoms with van der Waals surface area (Å²) < 4.78 is 10.9. The largest absolute Gasteiger partial charge is 0.496 e. The monoisotopic (exact) mass is 321 g/mol. The van der Waals surface area contributed by atoms with E-state index in [-0.39, 0.29) is 0 Å². The Morgan fingerprint density at radius 2 is 1.87 bits per heavy atom. The van der Waals surface area contributed by atoms with Gasteiger partial charge in [-0.2, -0.15) is 0 Å². The summed E-state index contributed by atoms with van der Waals surface area (Å²) in [6.07, 6.45) is 3.29. The molecule has 0 radical (unpaired) electrons. The first-order valence-electron chi connectivity index (χ1n) is 8.53. The highest BCUT2D eigenvalue weighted by atomic mass is 16.5. The maximum atomic E-state index is 5.56. The number of guanidine groups is 1. The van der Waals surface area contributed by atoms with E-state index in [0.29, 0.717) is 6.54 Å². The molecule has 0 saturated carbocycles. The molecule has 5 nitrogen and oxygen atoms in total. The molecule has 0 heterocycles. The smallest absolute Gasteiger partial charge is 0.191 e. The summed E-state index contributed by atoms with van der Waals surface area (Å²) in [6.45, 7) is 8.17. The number of nitrogens with zero attached hydrogens (tertiary/aromatic N) is 1. The fourth-order valence-electron chi connectivity index (χ4n) is 2.07. The van der Waals surface area contributed by atoms with Gasteiger partial charge in [0.05, 0.1) is 13.7 Å². The normalized spacial score (nSPS) is 11.3. The minimum atomic E-state index is 0.590. The number of unbranched alkanes of at least 4 members (excludes halogenated alkanes) is 1. The molecule has 0 bridgehead atoms. The second kappa shape index (κ2) is 12.8. The van der Waals surface area contributed by atoms with Crippen molar-refractivity contribution >= 4 is 5.96 Å². The highest BCUT2D eigenvalue weighted by Gasteiger charge is 2.02. The molecule has 1 aromatic carbocycles. The number of methoxy groups -OCH3 is 1. The van der Waals surface area contributed by atoms with Crippen molar-refractivity contribution in [3.8, 4) is 5.75 Å². The molecule has 130 valence electrons. The molecule has 0 unspecified atom stereocenters. The van der Waals surface area contributed by atoms with Gasteiger partial charge in [0.15, 0.2) is 5.96 Å². The lowest BCUT2D eigenvalue weighted by atomic mass is 10.2. The number of para-hydroxylation sites is 1. The molecule has 5 heteroatoms. The average molecular weight is 321 g/mol. The summed E-state index contributed by atoms with van der Waals surface area (Å²) >= 11 is 0. The van der Waals surface area contributed by atoms with E-state index < -0.39 is 0 Å². The molecular formula is C18H31N3O2. The Kier molecular flexibility index (Phi) is 10.7. The van der Waals surface area contributed by atoms with Crippen molar-refractivity contribution < 1.29 is 9.47 Å². The lowest BCUT2D eigenvalue weighted by Gasteiger charge is -2.12. The van der Waals surface area contributed by atoms with Gasteiger partial charge in [-0.05, 0) is 25.8 Å². The fourth-order valence-corrected chi connectivity index (χ4v) is 2.07. The van der Waals surface area contributed by atoms with Crippen molar-refractivity contribution in [3.05, 3.63) is 29.8 Å². The molecule has 0 aromatic heterocycles. The first kappa shape index (κ1) is 19.3. The fraction of sp³-hybridized carbons (Fsp3) is 0.611. The zero-order valence-electron chi connectivity index (χ0n) is 14.7. The van der Waals surface area contributed by atoms with Crippen molar-refractivity contribution in [1.29, 1.82) is 0 Å². The van der Waals surface area contributed by atoms with Gasteiger partial charge < -0.3 is 20.1 Å². The first-order valence-corrected chi connectivity index (χ1v) is 8.53. The first-order chi connectivity index (χ1) is 11.3. The van der Waals surface area contributed by atoms with Crippen LogP contribution in [0.4, 0.5) is 0 Å². The molecule has 0 spiro atoms. The third-order valence-electron chi connectivity index (χ3n) is 3.34. The number of hydrogen-bond donors (Lipinski definition) is 2. The van der Waals surface area contributed by atoms with Crippen LogP contribution in [0.2, 0.25) is 0 Å². The van der Waals surface area contributed by atoms with Crippen LogP contribution < -0.4 is 15.4 Å². The van der Waals surface area contributed by atoms with Crippen LogP contribution in [0.1, 0.15) is 38.7 Å². The lowest BCUT2D eigenvalue weighted by molar-refractivity contribution is 0.129. The van der Waals surface area contributed by atoms with E-state index in [4.69, 9.17) is 9.47 Å². The standard InChI is InChI=1S/C18H31N3O2/c1-4-6-13-23-14-9-12-20-18(19-5-2)21-15-16-10-7-8-11-17(16)22-3/h7-8,10-11H,4-6,9,12-15H2,1-3H3,(H2,19,20,21). The molecule has 0 aliphatic rings. The second-order valence-corrected chi connectivity index (χ2v) is 5.25. The van der Waals surface area contributed by atoms with Gasteiger partial charge >= 0.3 is 0 Å². The Bertz CT molecular complexity index is 450. The van der Waals surface area contributed by atoms with E-state index in [2.05, 4.69) is 29.5 Å². The summed E-state index contributed by atoms with van der Waals surface area (Å²) in [6, 6.07) is 7.96. The van der Waals surface area contributed by atoms with Gasteiger partial charge in [-0.3, -0.25) is 0 Å². The molecule has 1 aromatic rings. The van der Waals surface area contributed by atoms with E-state index >= 15 is 0 Å². The molecule has 0 atom stereocenters. The number of rotatable bonds is 11. The predicted octanol–water partition coefficient (Wildman–Crippen LogP) is 2.96. The molecule has 0 fully saturated rings. The zero-order chi connectivity index (χ0) is 16.8. The van der Waals surface area contributed by atoms with E-state index in [1.807, 2.05) is 24.3 Å². The average Bonchev–Trinajstić information content (AvgIpc) is 2.59. The topological polar surface area (TPSA) is 54.9 Å². The van der Waals surface area contributed by atoms with Gasteiger partial charge in [-0.15, -0.1) is 0 Å². The van der Waals surface area contributed by atoms with Crippen LogP contribution >= 0.6 is 0 Å². The Balaban J connectivity index is 2.38. The minimum Gasteiger partial charge on any atom is -0.496 e. The van der Waals surface area contributed by atoms with Crippen molar-refractivity contribution in [2.45, 2.75) is 39.7 Å². The van der Waals surface area contributed by atoms with Crippen LogP contribution in [0.3, 0.4) is 0 Å². The molecule has 0 aliphatic heterocycles. The maximum absolute atomic E-state index is 5.56. The predicted molar refractivity (Wildman–Crippen MR) is 96.2 cm³/mol. The van der Waals surface area contributed by atoms with Gasteiger partial charge in [-0.1, -0.05) is 31.5 Å². The Morgan fingerprint density at radius 3 is 2.61 bits per heavy atom. The van der Waals surface area contributed by atoms with Crippen LogP contribution in [0.5, 0.6) is 5.75 Å². The molecule has 0 amide bonds. The van der Waals surface area contributed by atoms with Crippen molar-refractivity contribution in [3.63, 3.8) is 0 Å². The second-order valence-electron chi connectivity index (χ2n) is 5.25. The quantitative estimate of drug-likeness (QED) is 0.374. The molecule has 0 aliphatic carbocycles. The molecule has 0 saturated heterocycles. The summed E-state index contributed by atoms with van der Waals surface area (Å²) in [5, 5.41) is 6.60. The zero-order valence-corrected chi connectivity index (χ0v) is 14.7. The third kappa shape index (κ3) is 8.45. The number of aliphatic imine (C=N–C) groups is 1. The van der Waals surface area contributed by atoms with Crippen LogP contribution in [0.25, 0.3) is 0 Å². The van der Waals surface area contributed by atoms with E-state index in [9.17, 15) is 0 Å². The van der Waals surface area contributed by atoms with Crippen molar-refractivity contribution in [1.82, 2.24) is 10.6 Å². The van der Waals surface area contributed by atoms with Crippen LogP contribution in [-0.4, -0.2) is 39.4 Å². The number of nitrogens with one attached hydrogen (secondary N) is 2. The molecule has 23 heavy (non-hydrogen) atoms. The number of ether oxygens (including phenoxy) is 2. The van der Waals surface area contributed by atoms with Crippen LogP contribution in [0, 0.1) is 0 Å². The third-order valence-corrected chi connectivity index (χ3v) is 3.34. The maximum Gasteiger partial charge on any atom is 0.191 e.